The predicted molar refractivity (Wildman–Crippen MR) is 174 cm³/mol. The molecular formula is C33H28ClN5O3S. The minimum Gasteiger partial charge on any atom is -0.483 e. The van der Waals surface area contributed by atoms with Gasteiger partial charge in [0.25, 0.3) is 11.8 Å². The Kier molecular flexibility index (Phi) is 9.46. The van der Waals surface area contributed by atoms with Crippen LogP contribution < -0.4 is 20.8 Å². The molecule has 8 nitrogen and oxygen atoms in total. The lowest BCUT2D eigenvalue weighted by Gasteiger charge is -2.11. The Labute approximate surface area is 258 Å². The van der Waals surface area contributed by atoms with E-state index in [0.717, 1.165) is 38.9 Å². The summed E-state index contributed by atoms with van der Waals surface area (Å²) in [6, 6.07) is 27.5. The predicted octanol–water partition coefficient (Wildman–Crippen LogP) is 7.61. The maximum Gasteiger partial charge on any atom is 0.271 e. The number of ether oxygens (including phenoxy) is 1. The van der Waals surface area contributed by atoms with Crippen LogP contribution in [-0.2, 0) is 4.79 Å². The van der Waals surface area contributed by atoms with Crippen LogP contribution in [0.2, 0.25) is 5.02 Å². The molecular weight excluding hydrogens is 582 g/mol. The van der Waals surface area contributed by atoms with Crippen molar-refractivity contribution in [1.29, 1.82) is 0 Å². The fourth-order valence-corrected chi connectivity index (χ4v) is 4.92. The zero-order valence-electron chi connectivity index (χ0n) is 23.4. The van der Waals surface area contributed by atoms with Crippen LogP contribution in [0.25, 0.3) is 11.3 Å². The number of aromatic nitrogens is 1. The number of nitrogens with one attached hydrogen (secondary N) is 3. The number of anilines is 3. The molecule has 0 fully saturated rings. The molecule has 1 heterocycles. The third-order valence-corrected chi connectivity index (χ3v) is 7.37. The van der Waals surface area contributed by atoms with E-state index in [2.05, 4.69) is 26.1 Å². The van der Waals surface area contributed by atoms with E-state index < -0.39 is 0 Å². The van der Waals surface area contributed by atoms with Gasteiger partial charge in [0.2, 0.25) is 0 Å². The highest BCUT2D eigenvalue weighted by molar-refractivity contribution is 7.14. The first-order valence-electron chi connectivity index (χ1n) is 13.3. The van der Waals surface area contributed by atoms with Crippen molar-refractivity contribution in [3.05, 3.63) is 124 Å². The largest absolute Gasteiger partial charge is 0.483 e. The lowest BCUT2D eigenvalue weighted by molar-refractivity contribution is -0.118. The van der Waals surface area contributed by atoms with Crippen LogP contribution in [0, 0.1) is 13.8 Å². The molecule has 43 heavy (non-hydrogen) atoms. The smallest absolute Gasteiger partial charge is 0.271 e. The highest BCUT2D eigenvalue weighted by atomic mass is 35.5. The van der Waals surface area contributed by atoms with E-state index in [1.165, 1.54) is 17.6 Å². The average molecular weight is 610 g/mol. The van der Waals surface area contributed by atoms with Crippen LogP contribution in [-0.4, -0.2) is 29.6 Å². The number of aryl methyl sites for hydroxylation is 2. The van der Waals surface area contributed by atoms with E-state index in [-0.39, 0.29) is 18.4 Å². The van der Waals surface area contributed by atoms with Crippen molar-refractivity contribution in [3.8, 4) is 17.0 Å². The highest BCUT2D eigenvalue weighted by Crippen LogP contribution is 2.28. The molecule has 0 aliphatic carbocycles. The Balaban J connectivity index is 1.15. The van der Waals surface area contributed by atoms with Gasteiger partial charge in [0.1, 0.15) is 5.75 Å². The van der Waals surface area contributed by atoms with Gasteiger partial charge in [0.05, 0.1) is 11.9 Å². The topological polar surface area (TPSA) is 105 Å². The third kappa shape index (κ3) is 8.06. The molecule has 0 aliphatic heterocycles. The molecule has 0 saturated carbocycles. The van der Waals surface area contributed by atoms with Crippen LogP contribution in [0.4, 0.5) is 16.5 Å². The number of para-hydroxylation sites is 1. The molecule has 10 heteroatoms. The zero-order valence-corrected chi connectivity index (χ0v) is 25.0. The third-order valence-electron chi connectivity index (χ3n) is 6.36. The second kappa shape index (κ2) is 13.8. The van der Waals surface area contributed by atoms with Gasteiger partial charge in [-0.2, -0.15) is 5.10 Å². The van der Waals surface area contributed by atoms with E-state index in [1.54, 1.807) is 30.3 Å². The summed E-state index contributed by atoms with van der Waals surface area (Å²) in [5.74, 6) is -0.171. The zero-order chi connectivity index (χ0) is 30.2. The fraction of sp³-hybridized carbons (Fsp3) is 0.0909. The molecule has 0 radical (unpaired) electrons. The number of amides is 2. The van der Waals surface area contributed by atoms with Crippen molar-refractivity contribution < 1.29 is 14.3 Å². The molecule has 0 aliphatic rings. The van der Waals surface area contributed by atoms with Gasteiger partial charge in [-0.1, -0.05) is 48.0 Å². The van der Waals surface area contributed by atoms with Crippen LogP contribution >= 0.6 is 22.9 Å². The second-order valence-corrected chi connectivity index (χ2v) is 10.9. The molecule has 0 spiro atoms. The monoisotopic (exact) mass is 609 g/mol. The van der Waals surface area contributed by atoms with Crippen molar-refractivity contribution >= 4 is 57.5 Å². The Morgan fingerprint density at radius 2 is 1.74 bits per heavy atom. The van der Waals surface area contributed by atoms with Crippen LogP contribution in [0.1, 0.15) is 27.0 Å². The molecule has 5 aromatic rings. The number of carbonyl (C=O) groups excluding carboxylic acids is 2. The van der Waals surface area contributed by atoms with E-state index in [9.17, 15) is 9.59 Å². The van der Waals surface area contributed by atoms with Gasteiger partial charge in [-0.15, -0.1) is 11.3 Å². The number of rotatable bonds is 10. The van der Waals surface area contributed by atoms with E-state index in [0.29, 0.717) is 21.9 Å². The number of halogens is 1. The Morgan fingerprint density at radius 1 is 0.977 bits per heavy atom. The van der Waals surface area contributed by atoms with Gasteiger partial charge < -0.3 is 15.4 Å². The SMILES string of the molecule is Cc1ccc(C)c(NC(=O)COc2ccccc2/C=N\NC(=O)c2ccc(-c3csc(Nc4ccc(Cl)cc4)n3)cc2)c1. The fourth-order valence-electron chi connectivity index (χ4n) is 4.06. The molecule has 216 valence electrons. The number of hydrogen-bond donors (Lipinski definition) is 3. The lowest BCUT2D eigenvalue weighted by Crippen LogP contribution is -2.21. The van der Waals surface area contributed by atoms with Crippen molar-refractivity contribution in [1.82, 2.24) is 10.4 Å². The summed E-state index contributed by atoms with van der Waals surface area (Å²) in [4.78, 5) is 29.8. The standard InChI is InChI=1S/C33H28ClN5O3S/c1-21-7-8-22(2)28(17-21)37-31(40)19-42-30-6-4-3-5-25(30)18-35-39-32(41)24-11-9-23(10-12-24)29-20-43-33(38-29)36-27-15-13-26(34)14-16-27/h3-18,20H,19H2,1-2H3,(H,36,38)(H,37,40)(H,39,41)/b35-18-. The summed E-state index contributed by atoms with van der Waals surface area (Å²) in [7, 11) is 0. The molecule has 0 atom stereocenters. The molecule has 0 bridgehead atoms. The van der Waals surface area contributed by atoms with Crippen molar-refractivity contribution in [3.63, 3.8) is 0 Å². The molecule has 0 unspecified atom stereocenters. The molecule has 3 N–H and O–H groups in total. The summed E-state index contributed by atoms with van der Waals surface area (Å²) in [6.07, 6.45) is 1.48. The lowest BCUT2D eigenvalue weighted by atomic mass is 10.1. The molecule has 1 aromatic heterocycles. The van der Waals surface area contributed by atoms with E-state index in [4.69, 9.17) is 16.3 Å². The van der Waals surface area contributed by atoms with Gasteiger partial charge in [-0.25, -0.2) is 10.4 Å². The van der Waals surface area contributed by atoms with E-state index >= 15 is 0 Å². The van der Waals surface area contributed by atoms with Crippen molar-refractivity contribution in [2.24, 2.45) is 5.10 Å². The Bertz CT molecular complexity index is 1770. The van der Waals surface area contributed by atoms with Gasteiger partial charge >= 0.3 is 0 Å². The summed E-state index contributed by atoms with van der Waals surface area (Å²) < 4.78 is 5.75. The Hall–Kier alpha value is -4.99. The minimum atomic E-state index is -0.363. The molecule has 5 rings (SSSR count). The number of hydrazone groups is 1. The van der Waals surface area contributed by atoms with Crippen LogP contribution in [0.15, 0.2) is 101 Å². The number of nitrogens with zero attached hydrogens (tertiary/aromatic N) is 2. The molecule has 2 amide bonds. The maximum absolute atomic E-state index is 12.7. The maximum atomic E-state index is 12.7. The second-order valence-electron chi connectivity index (χ2n) is 9.64. The van der Waals surface area contributed by atoms with Gasteiger partial charge in [0, 0.05) is 38.5 Å². The average Bonchev–Trinajstić information content (AvgIpc) is 3.48. The summed E-state index contributed by atoms with van der Waals surface area (Å²) in [6.45, 7) is 3.73. The minimum absolute atomic E-state index is 0.172. The highest BCUT2D eigenvalue weighted by Gasteiger charge is 2.10. The first-order valence-corrected chi connectivity index (χ1v) is 14.6. The van der Waals surface area contributed by atoms with Crippen LogP contribution in [0.5, 0.6) is 5.75 Å². The Morgan fingerprint density at radius 3 is 2.53 bits per heavy atom. The number of hydrogen-bond acceptors (Lipinski definition) is 7. The van der Waals surface area contributed by atoms with Crippen molar-refractivity contribution in [2.45, 2.75) is 13.8 Å². The first-order chi connectivity index (χ1) is 20.8. The normalized spacial score (nSPS) is 10.9. The van der Waals surface area contributed by atoms with E-state index in [1.807, 2.05) is 79.9 Å². The molecule has 0 saturated heterocycles. The number of benzene rings is 4. The van der Waals surface area contributed by atoms with Gasteiger partial charge in [-0.3, -0.25) is 9.59 Å². The van der Waals surface area contributed by atoms with Crippen LogP contribution in [0.3, 0.4) is 0 Å². The number of carbonyl (C=O) groups is 2. The molecule has 4 aromatic carbocycles. The van der Waals surface area contributed by atoms with Gasteiger partial charge in [0.15, 0.2) is 11.7 Å². The summed E-state index contributed by atoms with van der Waals surface area (Å²) in [5.41, 5.74) is 8.95. The van der Waals surface area contributed by atoms with Crippen molar-refractivity contribution in [2.75, 3.05) is 17.2 Å². The first kappa shape index (κ1) is 29.5. The summed E-state index contributed by atoms with van der Waals surface area (Å²) >= 11 is 7.44. The number of thiazole rings is 1. The quantitative estimate of drug-likeness (QED) is 0.112. The summed E-state index contributed by atoms with van der Waals surface area (Å²) in [5, 5.41) is 13.6. The van der Waals surface area contributed by atoms with Gasteiger partial charge in [-0.05, 0) is 79.6 Å².